The first-order chi connectivity index (χ1) is 13.0. The van der Waals surface area contributed by atoms with E-state index in [1.54, 1.807) is 32.4 Å². The molecule has 1 heterocycles. The van der Waals surface area contributed by atoms with Crippen LogP contribution in [0.4, 0.5) is 0 Å². The van der Waals surface area contributed by atoms with E-state index in [9.17, 15) is 4.79 Å². The number of ether oxygens (including phenoxy) is 2. The minimum atomic E-state index is -0.217. The average molecular weight is 447 g/mol. The van der Waals surface area contributed by atoms with E-state index >= 15 is 0 Å². The topological polar surface area (TPSA) is 52.8 Å². The van der Waals surface area contributed by atoms with Crippen molar-refractivity contribution in [1.29, 1.82) is 0 Å². The Hall–Kier alpha value is -2.38. The van der Waals surface area contributed by atoms with E-state index in [1.165, 1.54) is 11.3 Å². The van der Waals surface area contributed by atoms with Gasteiger partial charge in [-0.15, -0.1) is 6.58 Å². The molecular formula is C20H19BrN2O3S. The van der Waals surface area contributed by atoms with Gasteiger partial charge >= 0.3 is 0 Å². The second-order valence-corrected chi connectivity index (χ2v) is 7.69. The lowest BCUT2D eigenvalue weighted by Gasteiger charge is -2.08. The van der Waals surface area contributed by atoms with Crippen LogP contribution in [0.1, 0.15) is 5.56 Å². The molecule has 0 bridgehead atoms. The molecular weight excluding hydrogens is 428 g/mol. The number of aromatic nitrogens is 1. The Bertz CT molecular complexity index is 1070. The number of methoxy groups -OCH3 is 2. The SMILES string of the molecule is C=CCn1c(=NC(=O)Cc2ccc(OC)c(OC)c2)sc2cc(Br)ccc21. The molecule has 3 aromatic rings. The van der Waals surface area contributed by atoms with Crippen molar-refractivity contribution >= 4 is 43.4 Å². The number of fused-ring (bicyclic) bond motifs is 1. The molecule has 0 fully saturated rings. The zero-order valence-electron chi connectivity index (χ0n) is 15.1. The van der Waals surface area contributed by atoms with Crippen LogP contribution >= 0.6 is 27.3 Å². The smallest absolute Gasteiger partial charge is 0.252 e. The fraction of sp³-hybridized carbons (Fsp3) is 0.200. The Balaban J connectivity index is 1.95. The predicted molar refractivity (Wildman–Crippen MR) is 112 cm³/mol. The first kappa shape index (κ1) is 19.4. The van der Waals surface area contributed by atoms with Gasteiger partial charge in [0.2, 0.25) is 0 Å². The molecule has 0 saturated carbocycles. The molecule has 0 saturated heterocycles. The van der Waals surface area contributed by atoms with E-state index in [2.05, 4.69) is 27.5 Å². The van der Waals surface area contributed by atoms with E-state index < -0.39 is 0 Å². The van der Waals surface area contributed by atoms with Gasteiger partial charge in [0.1, 0.15) is 0 Å². The number of carbonyl (C=O) groups excluding carboxylic acids is 1. The number of rotatable bonds is 6. The summed E-state index contributed by atoms with van der Waals surface area (Å²) in [5.41, 5.74) is 1.85. The van der Waals surface area contributed by atoms with Crippen LogP contribution in [0.25, 0.3) is 10.2 Å². The zero-order chi connectivity index (χ0) is 19.4. The van der Waals surface area contributed by atoms with Gasteiger partial charge in [-0.25, -0.2) is 0 Å². The van der Waals surface area contributed by atoms with Gasteiger partial charge in [0.15, 0.2) is 16.3 Å². The molecule has 140 valence electrons. The third-order valence-electron chi connectivity index (χ3n) is 3.98. The van der Waals surface area contributed by atoms with Gasteiger partial charge in [0.25, 0.3) is 5.91 Å². The first-order valence-electron chi connectivity index (χ1n) is 8.24. The van der Waals surface area contributed by atoms with Crippen LogP contribution in [0.5, 0.6) is 11.5 Å². The maximum atomic E-state index is 12.6. The first-order valence-corrected chi connectivity index (χ1v) is 9.85. The third-order valence-corrected chi connectivity index (χ3v) is 5.51. The van der Waals surface area contributed by atoms with Crippen LogP contribution in [-0.4, -0.2) is 24.7 Å². The monoisotopic (exact) mass is 446 g/mol. The highest BCUT2D eigenvalue weighted by molar-refractivity contribution is 9.10. The molecule has 0 N–H and O–H groups in total. The molecule has 0 aliphatic carbocycles. The van der Waals surface area contributed by atoms with Crippen molar-refractivity contribution in [3.63, 3.8) is 0 Å². The number of carbonyl (C=O) groups is 1. The highest BCUT2D eigenvalue weighted by Crippen LogP contribution is 2.28. The molecule has 0 unspecified atom stereocenters. The second kappa shape index (κ2) is 8.54. The summed E-state index contributed by atoms with van der Waals surface area (Å²) < 4.78 is 14.6. The number of allylic oxidation sites excluding steroid dienone is 1. The minimum absolute atomic E-state index is 0.187. The summed E-state index contributed by atoms with van der Waals surface area (Å²) in [7, 11) is 3.15. The van der Waals surface area contributed by atoms with Crippen molar-refractivity contribution in [2.24, 2.45) is 4.99 Å². The number of halogens is 1. The Morgan fingerprint density at radius 2 is 2.00 bits per heavy atom. The minimum Gasteiger partial charge on any atom is -0.493 e. The summed E-state index contributed by atoms with van der Waals surface area (Å²) in [5.74, 6) is 1.01. The molecule has 0 atom stereocenters. The Morgan fingerprint density at radius 3 is 2.70 bits per heavy atom. The number of hydrogen-bond acceptors (Lipinski definition) is 4. The number of nitrogens with zero attached hydrogens (tertiary/aromatic N) is 2. The van der Waals surface area contributed by atoms with Crippen molar-refractivity contribution in [2.75, 3.05) is 14.2 Å². The van der Waals surface area contributed by atoms with E-state index in [-0.39, 0.29) is 12.3 Å². The van der Waals surface area contributed by atoms with E-state index in [0.29, 0.717) is 22.8 Å². The fourth-order valence-corrected chi connectivity index (χ4v) is 4.36. The Labute approximate surface area is 169 Å². The van der Waals surface area contributed by atoms with Crippen LogP contribution in [0.2, 0.25) is 0 Å². The van der Waals surface area contributed by atoms with Crippen molar-refractivity contribution in [3.05, 3.63) is 63.9 Å². The van der Waals surface area contributed by atoms with Gasteiger partial charge in [-0.2, -0.15) is 4.99 Å². The number of benzene rings is 2. The van der Waals surface area contributed by atoms with Gasteiger partial charge in [0, 0.05) is 11.0 Å². The summed E-state index contributed by atoms with van der Waals surface area (Å²) in [6, 6.07) is 11.4. The molecule has 1 aromatic heterocycles. The maximum Gasteiger partial charge on any atom is 0.252 e. The lowest BCUT2D eigenvalue weighted by atomic mass is 10.1. The average Bonchev–Trinajstić information content (AvgIpc) is 2.98. The quantitative estimate of drug-likeness (QED) is 0.529. The number of hydrogen-bond donors (Lipinski definition) is 0. The number of thiazole rings is 1. The number of amides is 1. The highest BCUT2D eigenvalue weighted by Gasteiger charge is 2.10. The lowest BCUT2D eigenvalue weighted by Crippen LogP contribution is -2.16. The summed E-state index contributed by atoms with van der Waals surface area (Å²) in [4.78, 5) is 17.6. The van der Waals surface area contributed by atoms with Crippen LogP contribution in [0.15, 0.2) is 58.5 Å². The Kier molecular flexibility index (Phi) is 6.13. The van der Waals surface area contributed by atoms with E-state index in [1.807, 2.05) is 28.8 Å². The van der Waals surface area contributed by atoms with Gasteiger partial charge < -0.3 is 14.0 Å². The summed E-state index contributed by atoms with van der Waals surface area (Å²) in [5, 5.41) is 0. The predicted octanol–water partition coefficient (Wildman–Crippen LogP) is 4.34. The van der Waals surface area contributed by atoms with Gasteiger partial charge in [0.05, 0.1) is 30.9 Å². The van der Waals surface area contributed by atoms with Crippen LogP contribution in [-0.2, 0) is 17.8 Å². The second-order valence-electron chi connectivity index (χ2n) is 5.77. The van der Waals surface area contributed by atoms with Crippen LogP contribution < -0.4 is 14.3 Å². The molecule has 0 spiro atoms. The third kappa shape index (κ3) is 4.31. The molecule has 2 aromatic carbocycles. The molecule has 3 rings (SSSR count). The van der Waals surface area contributed by atoms with Crippen molar-refractivity contribution in [1.82, 2.24) is 4.57 Å². The van der Waals surface area contributed by atoms with E-state index in [4.69, 9.17) is 9.47 Å². The van der Waals surface area contributed by atoms with E-state index in [0.717, 1.165) is 20.3 Å². The van der Waals surface area contributed by atoms with Crippen molar-refractivity contribution < 1.29 is 14.3 Å². The van der Waals surface area contributed by atoms with Crippen molar-refractivity contribution in [2.45, 2.75) is 13.0 Å². The molecule has 1 amide bonds. The summed E-state index contributed by atoms with van der Waals surface area (Å²) in [6.07, 6.45) is 1.98. The van der Waals surface area contributed by atoms with Crippen molar-refractivity contribution in [3.8, 4) is 11.5 Å². The normalized spacial score (nSPS) is 11.6. The maximum absolute atomic E-state index is 12.6. The fourth-order valence-electron chi connectivity index (χ4n) is 2.75. The van der Waals surface area contributed by atoms with Gasteiger partial charge in [-0.05, 0) is 35.9 Å². The molecule has 0 radical (unpaired) electrons. The standard InChI is InChI=1S/C20H19BrN2O3S/c1-4-9-23-15-7-6-14(21)12-18(15)27-20(23)22-19(24)11-13-5-8-16(25-2)17(10-13)26-3/h4-8,10,12H,1,9,11H2,2-3H3. The lowest BCUT2D eigenvalue weighted by molar-refractivity contribution is -0.117. The molecule has 0 aliphatic rings. The van der Waals surface area contributed by atoms with Crippen LogP contribution in [0.3, 0.4) is 0 Å². The Morgan fingerprint density at radius 1 is 1.22 bits per heavy atom. The molecule has 5 nitrogen and oxygen atoms in total. The van der Waals surface area contributed by atoms with Crippen LogP contribution in [0, 0.1) is 0 Å². The summed E-state index contributed by atoms with van der Waals surface area (Å²) in [6.45, 7) is 4.39. The molecule has 0 aliphatic heterocycles. The largest absolute Gasteiger partial charge is 0.493 e. The summed E-state index contributed by atoms with van der Waals surface area (Å²) >= 11 is 4.97. The molecule has 7 heteroatoms. The molecule has 27 heavy (non-hydrogen) atoms. The zero-order valence-corrected chi connectivity index (χ0v) is 17.5. The van der Waals surface area contributed by atoms with Gasteiger partial charge in [-0.3, -0.25) is 4.79 Å². The van der Waals surface area contributed by atoms with Gasteiger partial charge in [-0.1, -0.05) is 39.4 Å². The highest BCUT2D eigenvalue weighted by atomic mass is 79.9.